The van der Waals surface area contributed by atoms with Crippen molar-refractivity contribution in [1.29, 1.82) is 0 Å². The summed E-state index contributed by atoms with van der Waals surface area (Å²) >= 11 is 6.07. The highest BCUT2D eigenvalue weighted by Crippen LogP contribution is 2.22. The Bertz CT molecular complexity index is 574. The molecule has 1 unspecified atom stereocenters. The number of rotatable bonds is 7. The molecule has 2 aromatic rings. The first-order valence-electron chi connectivity index (χ1n) is 7.19. The van der Waals surface area contributed by atoms with E-state index in [4.69, 9.17) is 16.3 Å². The second-order valence-corrected chi connectivity index (χ2v) is 5.44. The lowest BCUT2D eigenvalue weighted by atomic mass is 10.00. The van der Waals surface area contributed by atoms with Crippen molar-refractivity contribution in [3.8, 4) is 5.75 Å². The molecule has 1 heterocycles. The number of halogens is 1. The molecule has 0 saturated carbocycles. The molecular weight excluding hydrogens is 284 g/mol. The van der Waals surface area contributed by atoms with Crippen molar-refractivity contribution in [1.82, 2.24) is 10.3 Å². The molecule has 1 atom stereocenters. The predicted molar refractivity (Wildman–Crippen MR) is 87.0 cm³/mol. The third-order valence-electron chi connectivity index (χ3n) is 3.34. The maximum Gasteiger partial charge on any atom is 0.137 e. The van der Waals surface area contributed by atoms with Gasteiger partial charge in [-0.05, 0) is 48.7 Å². The highest BCUT2D eigenvalue weighted by Gasteiger charge is 2.13. The number of ether oxygens (including phenoxy) is 1. The molecule has 1 aromatic carbocycles. The topological polar surface area (TPSA) is 34.2 Å². The molecule has 1 N–H and O–H groups in total. The third-order valence-corrected chi connectivity index (χ3v) is 3.58. The smallest absolute Gasteiger partial charge is 0.137 e. The van der Waals surface area contributed by atoms with Crippen LogP contribution in [0.25, 0.3) is 0 Å². The molecule has 0 spiro atoms. The fourth-order valence-corrected chi connectivity index (χ4v) is 2.48. The lowest BCUT2D eigenvalue weighted by Gasteiger charge is -2.19. The quantitative estimate of drug-likeness (QED) is 0.838. The highest BCUT2D eigenvalue weighted by molar-refractivity contribution is 6.30. The first-order chi connectivity index (χ1) is 10.2. The van der Waals surface area contributed by atoms with Gasteiger partial charge in [0.25, 0.3) is 0 Å². The lowest BCUT2D eigenvalue weighted by molar-refractivity contribution is 0.410. The predicted octanol–water partition coefficient (Wildman–Crippen LogP) is 4.03. The molecule has 0 amide bonds. The molecule has 21 heavy (non-hydrogen) atoms. The Morgan fingerprint density at radius 1 is 1.29 bits per heavy atom. The summed E-state index contributed by atoms with van der Waals surface area (Å²) < 4.78 is 5.27. The highest BCUT2D eigenvalue weighted by atomic mass is 35.5. The van der Waals surface area contributed by atoms with Crippen LogP contribution in [0.3, 0.4) is 0 Å². The fourth-order valence-electron chi connectivity index (χ4n) is 2.26. The summed E-state index contributed by atoms with van der Waals surface area (Å²) in [6, 6.07) is 10.2. The van der Waals surface area contributed by atoms with E-state index in [1.165, 1.54) is 5.56 Å². The van der Waals surface area contributed by atoms with Crippen LogP contribution >= 0.6 is 11.6 Å². The number of aromatic nitrogens is 1. The molecule has 2 rings (SSSR count). The van der Waals surface area contributed by atoms with E-state index in [0.29, 0.717) is 0 Å². The van der Waals surface area contributed by atoms with Crippen molar-refractivity contribution in [2.75, 3.05) is 13.7 Å². The van der Waals surface area contributed by atoms with E-state index in [1.54, 1.807) is 13.3 Å². The van der Waals surface area contributed by atoms with Crippen LogP contribution in [0.1, 0.15) is 30.5 Å². The Morgan fingerprint density at radius 2 is 2.14 bits per heavy atom. The molecule has 0 aliphatic rings. The first-order valence-corrected chi connectivity index (χ1v) is 7.57. The van der Waals surface area contributed by atoms with E-state index in [1.807, 2.05) is 30.5 Å². The maximum absolute atomic E-state index is 6.07. The Kier molecular flexibility index (Phi) is 6.03. The van der Waals surface area contributed by atoms with E-state index in [-0.39, 0.29) is 6.04 Å². The minimum atomic E-state index is 0.200. The molecule has 0 aliphatic carbocycles. The monoisotopic (exact) mass is 304 g/mol. The van der Waals surface area contributed by atoms with Gasteiger partial charge in [0.05, 0.1) is 13.3 Å². The van der Waals surface area contributed by atoms with Gasteiger partial charge in [0.15, 0.2) is 0 Å². The van der Waals surface area contributed by atoms with E-state index < -0.39 is 0 Å². The van der Waals surface area contributed by atoms with Gasteiger partial charge in [-0.2, -0.15) is 0 Å². The van der Waals surface area contributed by atoms with Crippen LogP contribution in [0.2, 0.25) is 5.02 Å². The number of nitrogens with zero attached hydrogens (tertiary/aromatic N) is 1. The fraction of sp³-hybridized carbons (Fsp3) is 0.353. The number of nitrogens with one attached hydrogen (secondary N) is 1. The van der Waals surface area contributed by atoms with Crippen LogP contribution in [-0.4, -0.2) is 18.6 Å². The summed E-state index contributed by atoms with van der Waals surface area (Å²) in [5.41, 5.74) is 2.33. The van der Waals surface area contributed by atoms with Gasteiger partial charge in [-0.1, -0.05) is 30.7 Å². The largest absolute Gasteiger partial charge is 0.495 e. The second-order valence-electron chi connectivity index (χ2n) is 5.00. The van der Waals surface area contributed by atoms with Crippen LogP contribution in [0.15, 0.2) is 42.7 Å². The molecule has 0 radical (unpaired) electrons. The Hall–Kier alpha value is -1.58. The number of hydrogen-bond donors (Lipinski definition) is 1. The Morgan fingerprint density at radius 3 is 2.86 bits per heavy atom. The van der Waals surface area contributed by atoms with Crippen molar-refractivity contribution < 1.29 is 4.74 Å². The summed E-state index contributed by atoms with van der Waals surface area (Å²) in [6.45, 7) is 3.12. The molecule has 0 saturated heterocycles. The number of methoxy groups -OCH3 is 1. The van der Waals surface area contributed by atoms with Gasteiger partial charge >= 0.3 is 0 Å². The summed E-state index contributed by atoms with van der Waals surface area (Å²) in [5.74, 6) is 0.780. The molecule has 0 fully saturated rings. The number of pyridine rings is 1. The van der Waals surface area contributed by atoms with Crippen LogP contribution in [0, 0.1) is 0 Å². The number of benzene rings is 1. The van der Waals surface area contributed by atoms with Gasteiger partial charge < -0.3 is 10.1 Å². The third kappa shape index (κ3) is 4.73. The van der Waals surface area contributed by atoms with E-state index >= 15 is 0 Å². The Labute approximate surface area is 131 Å². The van der Waals surface area contributed by atoms with Crippen LogP contribution in [-0.2, 0) is 6.42 Å². The van der Waals surface area contributed by atoms with E-state index in [9.17, 15) is 0 Å². The minimum Gasteiger partial charge on any atom is -0.495 e. The summed E-state index contributed by atoms with van der Waals surface area (Å²) in [6.07, 6.45) is 5.57. The van der Waals surface area contributed by atoms with E-state index in [2.05, 4.69) is 23.3 Å². The van der Waals surface area contributed by atoms with Gasteiger partial charge in [-0.3, -0.25) is 4.98 Å². The van der Waals surface area contributed by atoms with Crippen LogP contribution in [0.5, 0.6) is 5.75 Å². The molecule has 3 nitrogen and oxygen atoms in total. The molecular formula is C17H21ClN2O. The van der Waals surface area contributed by atoms with E-state index in [0.717, 1.165) is 35.7 Å². The van der Waals surface area contributed by atoms with Crippen molar-refractivity contribution in [3.05, 3.63) is 58.9 Å². The standard InChI is InChI=1S/C17H21ClN2O/c1-3-7-20-17(9-13-5-4-6-15(18)8-13)14-10-16(21-2)12-19-11-14/h4-6,8,10-12,17,20H,3,7,9H2,1-2H3. The zero-order chi connectivity index (χ0) is 15.1. The van der Waals surface area contributed by atoms with Gasteiger partial charge in [-0.25, -0.2) is 0 Å². The van der Waals surface area contributed by atoms with Crippen molar-refractivity contribution in [2.24, 2.45) is 0 Å². The lowest BCUT2D eigenvalue weighted by Crippen LogP contribution is -2.24. The van der Waals surface area contributed by atoms with Gasteiger partial charge in [0.1, 0.15) is 5.75 Å². The number of hydrogen-bond acceptors (Lipinski definition) is 3. The normalized spacial score (nSPS) is 12.1. The molecule has 112 valence electrons. The summed E-state index contributed by atoms with van der Waals surface area (Å²) in [5, 5.41) is 4.34. The zero-order valence-electron chi connectivity index (χ0n) is 12.5. The van der Waals surface area contributed by atoms with Crippen LogP contribution in [0.4, 0.5) is 0 Å². The van der Waals surface area contributed by atoms with Gasteiger partial charge in [0.2, 0.25) is 0 Å². The van der Waals surface area contributed by atoms with Gasteiger partial charge in [-0.15, -0.1) is 0 Å². The molecule has 0 bridgehead atoms. The molecule has 1 aromatic heterocycles. The molecule has 0 aliphatic heterocycles. The maximum atomic E-state index is 6.07. The summed E-state index contributed by atoms with van der Waals surface area (Å²) in [4.78, 5) is 4.25. The average Bonchev–Trinajstić information content (AvgIpc) is 2.51. The van der Waals surface area contributed by atoms with Crippen molar-refractivity contribution in [2.45, 2.75) is 25.8 Å². The van der Waals surface area contributed by atoms with Crippen LogP contribution < -0.4 is 10.1 Å². The van der Waals surface area contributed by atoms with Gasteiger partial charge in [0, 0.05) is 17.3 Å². The second kappa shape index (κ2) is 8.01. The summed E-state index contributed by atoms with van der Waals surface area (Å²) in [7, 11) is 1.66. The van der Waals surface area contributed by atoms with Crippen molar-refractivity contribution in [3.63, 3.8) is 0 Å². The zero-order valence-corrected chi connectivity index (χ0v) is 13.2. The SMILES string of the molecule is CCCNC(Cc1cccc(Cl)c1)c1cncc(OC)c1. The first kappa shape index (κ1) is 15.8. The minimum absolute atomic E-state index is 0.200. The average molecular weight is 305 g/mol. The molecule has 4 heteroatoms. The Balaban J connectivity index is 2.20. The van der Waals surface area contributed by atoms with Crippen molar-refractivity contribution >= 4 is 11.6 Å².